The van der Waals surface area contributed by atoms with Gasteiger partial charge in [-0.2, -0.15) is 5.26 Å². The molecule has 1 aliphatic heterocycles. The second-order valence-corrected chi connectivity index (χ2v) is 4.39. The Bertz CT molecular complexity index is 408. The molecule has 0 aromatic heterocycles. The van der Waals surface area contributed by atoms with E-state index in [0.717, 1.165) is 22.2 Å². The summed E-state index contributed by atoms with van der Waals surface area (Å²) >= 11 is 3.46. The summed E-state index contributed by atoms with van der Waals surface area (Å²) < 4.78 is 6.60. The Morgan fingerprint density at radius 3 is 3.14 bits per heavy atom. The van der Waals surface area contributed by atoms with Gasteiger partial charge in [0.15, 0.2) is 0 Å². The van der Waals surface area contributed by atoms with Crippen molar-refractivity contribution in [1.29, 1.82) is 5.26 Å². The summed E-state index contributed by atoms with van der Waals surface area (Å²) in [5, 5.41) is 8.61. The van der Waals surface area contributed by atoms with E-state index in [1.54, 1.807) is 0 Å². The topological polar surface area (TPSA) is 33.0 Å². The molecule has 0 saturated carbocycles. The van der Waals surface area contributed by atoms with Crippen LogP contribution in [-0.2, 0) is 12.8 Å². The van der Waals surface area contributed by atoms with Gasteiger partial charge in [-0.1, -0.05) is 6.07 Å². The van der Waals surface area contributed by atoms with Crippen LogP contribution in [0, 0.1) is 11.3 Å². The third-order valence-electron chi connectivity index (χ3n) is 2.29. The Labute approximate surface area is 91.6 Å². The largest absolute Gasteiger partial charge is 0.489 e. The number of hydrogen-bond acceptors (Lipinski definition) is 2. The fraction of sp³-hybridized carbons (Fsp3) is 0.364. The van der Waals surface area contributed by atoms with Crippen LogP contribution in [-0.4, -0.2) is 6.10 Å². The smallest absolute Gasteiger partial charge is 0.137 e. The molecule has 2 rings (SSSR count). The maximum Gasteiger partial charge on any atom is 0.137 e. The molecule has 1 heterocycles. The second-order valence-electron chi connectivity index (χ2n) is 3.53. The Hall–Kier alpha value is -1.01. The molecule has 0 fully saturated rings. The molecule has 1 aromatic rings. The van der Waals surface area contributed by atoms with Gasteiger partial charge in [-0.05, 0) is 40.0 Å². The molecule has 72 valence electrons. The van der Waals surface area contributed by atoms with Crippen molar-refractivity contribution in [3.63, 3.8) is 0 Å². The number of benzene rings is 1. The molecule has 1 unspecified atom stereocenters. The van der Waals surface area contributed by atoms with E-state index in [1.165, 1.54) is 5.56 Å². The third-order valence-corrected chi connectivity index (χ3v) is 2.88. The van der Waals surface area contributed by atoms with Gasteiger partial charge in [0.2, 0.25) is 0 Å². The monoisotopic (exact) mass is 251 g/mol. The third kappa shape index (κ3) is 1.62. The number of hydrogen-bond donors (Lipinski definition) is 0. The van der Waals surface area contributed by atoms with Gasteiger partial charge in [0.1, 0.15) is 11.9 Å². The lowest BCUT2D eigenvalue weighted by Crippen LogP contribution is -2.05. The van der Waals surface area contributed by atoms with Crippen molar-refractivity contribution in [2.75, 3.05) is 0 Å². The predicted molar refractivity (Wildman–Crippen MR) is 57.3 cm³/mol. The van der Waals surface area contributed by atoms with Crippen LogP contribution in [0.25, 0.3) is 0 Å². The molecule has 3 heteroatoms. The average molecular weight is 252 g/mol. The minimum Gasteiger partial charge on any atom is -0.489 e. The first kappa shape index (κ1) is 9.54. The van der Waals surface area contributed by atoms with Crippen molar-refractivity contribution in [3.05, 3.63) is 27.7 Å². The molecule has 14 heavy (non-hydrogen) atoms. The van der Waals surface area contributed by atoms with Crippen LogP contribution >= 0.6 is 15.9 Å². The van der Waals surface area contributed by atoms with E-state index < -0.39 is 0 Å². The molecule has 0 spiro atoms. The van der Waals surface area contributed by atoms with E-state index in [4.69, 9.17) is 10.00 Å². The standard InChI is InChI=1S/C11H10BrNO/c1-7-4-9-5-8(2-3-13)6-10(12)11(9)14-7/h5-7H,2,4H2,1H3. The van der Waals surface area contributed by atoms with Crippen LogP contribution in [0.2, 0.25) is 0 Å². The summed E-state index contributed by atoms with van der Waals surface area (Å²) in [7, 11) is 0. The molecular formula is C11H10BrNO. The molecule has 1 aromatic carbocycles. The van der Waals surface area contributed by atoms with Gasteiger partial charge in [0.25, 0.3) is 0 Å². The fourth-order valence-electron chi connectivity index (χ4n) is 1.74. The van der Waals surface area contributed by atoms with Gasteiger partial charge in [-0.3, -0.25) is 0 Å². The molecular weight excluding hydrogens is 242 g/mol. The van der Waals surface area contributed by atoms with E-state index in [0.29, 0.717) is 6.42 Å². The van der Waals surface area contributed by atoms with Gasteiger partial charge in [-0.25, -0.2) is 0 Å². The quantitative estimate of drug-likeness (QED) is 0.769. The zero-order chi connectivity index (χ0) is 10.1. The summed E-state index contributed by atoms with van der Waals surface area (Å²) in [5.74, 6) is 0.944. The predicted octanol–water partition coefficient (Wildman–Crippen LogP) is 2.84. The number of ether oxygens (including phenoxy) is 1. The highest BCUT2D eigenvalue weighted by Crippen LogP contribution is 2.37. The minimum atomic E-state index is 0.249. The summed E-state index contributed by atoms with van der Waals surface area (Å²) in [6.07, 6.45) is 1.65. The van der Waals surface area contributed by atoms with Crippen LogP contribution in [0.15, 0.2) is 16.6 Å². The zero-order valence-corrected chi connectivity index (χ0v) is 9.47. The summed E-state index contributed by atoms with van der Waals surface area (Å²) in [5.41, 5.74) is 2.26. The van der Waals surface area contributed by atoms with Gasteiger partial charge in [-0.15, -0.1) is 0 Å². The van der Waals surface area contributed by atoms with E-state index in [-0.39, 0.29) is 6.10 Å². The Balaban J connectivity index is 2.42. The lowest BCUT2D eigenvalue weighted by Gasteiger charge is -2.05. The lowest BCUT2D eigenvalue weighted by atomic mass is 10.1. The Kier molecular flexibility index (Phi) is 2.47. The average Bonchev–Trinajstić information content (AvgIpc) is 2.47. The van der Waals surface area contributed by atoms with E-state index in [9.17, 15) is 0 Å². The normalized spacial score (nSPS) is 18.5. The lowest BCUT2D eigenvalue weighted by molar-refractivity contribution is 0.253. The maximum atomic E-state index is 8.61. The molecule has 2 nitrogen and oxygen atoms in total. The van der Waals surface area contributed by atoms with Crippen molar-refractivity contribution in [2.24, 2.45) is 0 Å². The molecule has 1 atom stereocenters. The first-order valence-electron chi connectivity index (χ1n) is 4.55. The number of nitriles is 1. The summed E-state index contributed by atoms with van der Waals surface area (Å²) in [6.45, 7) is 2.05. The van der Waals surface area contributed by atoms with Crippen molar-refractivity contribution in [2.45, 2.75) is 25.9 Å². The molecule has 0 saturated heterocycles. The molecule has 0 N–H and O–H groups in total. The highest BCUT2D eigenvalue weighted by Gasteiger charge is 2.21. The SMILES string of the molecule is CC1Cc2cc(CC#N)cc(Br)c2O1. The minimum absolute atomic E-state index is 0.249. The summed E-state index contributed by atoms with van der Waals surface area (Å²) in [6, 6.07) is 6.17. The maximum absolute atomic E-state index is 8.61. The number of nitrogens with zero attached hydrogens (tertiary/aromatic N) is 1. The van der Waals surface area contributed by atoms with Gasteiger partial charge in [0.05, 0.1) is 17.0 Å². The molecule has 0 amide bonds. The van der Waals surface area contributed by atoms with E-state index in [1.807, 2.05) is 6.07 Å². The van der Waals surface area contributed by atoms with E-state index >= 15 is 0 Å². The highest BCUT2D eigenvalue weighted by molar-refractivity contribution is 9.10. The zero-order valence-electron chi connectivity index (χ0n) is 7.88. The van der Waals surface area contributed by atoms with Gasteiger partial charge < -0.3 is 4.74 Å². The Morgan fingerprint density at radius 1 is 1.64 bits per heavy atom. The van der Waals surface area contributed by atoms with Crippen LogP contribution in [0.3, 0.4) is 0 Å². The summed E-state index contributed by atoms with van der Waals surface area (Å²) in [4.78, 5) is 0. The molecule has 0 aliphatic carbocycles. The molecule has 0 bridgehead atoms. The van der Waals surface area contributed by atoms with Crippen LogP contribution in [0.4, 0.5) is 0 Å². The van der Waals surface area contributed by atoms with Gasteiger partial charge >= 0.3 is 0 Å². The number of halogens is 1. The highest BCUT2D eigenvalue weighted by atomic mass is 79.9. The first-order chi connectivity index (χ1) is 6.70. The van der Waals surface area contributed by atoms with Crippen LogP contribution in [0.5, 0.6) is 5.75 Å². The Morgan fingerprint density at radius 2 is 2.43 bits per heavy atom. The van der Waals surface area contributed by atoms with Crippen molar-refractivity contribution in [3.8, 4) is 11.8 Å². The van der Waals surface area contributed by atoms with E-state index in [2.05, 4.69) is 35.0 Å². The van der Waals surface area contributed by atoms with Crippen LogP contribution in [0.1, 0.15) is 18.1 Å². The molecule has 0 radical (unpaired) electrons. The second kappa shape index (κ2) is 3.62. The van der Waals surface area contributed by atoms with Crippen molar-refractivity contribution in [1.82, 2.24) is 0 Å². The number of fused-ring (bicyclic) bond motifs is 1. The van der Waals surface area contributed by atoms with Crippen molar-refractivity contribution >= 4 is 15.9 Å². The molecule has 1 aliphatic rings. The fourth-order valence-corrected chi connectivity index (χ4v) is 2.38. The van der Waals surface area contributed by atoms with Gasteiger partial charge in [0, 0.05) is 6.42 Å². The number of rotatable bonds is 1. The first-order valence-corrected chi connectivity index (χ1v) is 5.35. The van der Waals surface area contributed by atoms with Crippen molar-refractivity contribution < 1.29 is 4.74 Å². The van der Waals surface area contributed by atoms with Crippen LogP contribution < -0.4 is 4.74 Å².